The molecule has 1 aliphatic rings. The SMILES string of the molecule is O=C(c1ccoc1)N1CCN(Cc2ncc(-c3ccccc3)o2)CC1. The molecule has 0 bridgehead atoms. The van der Waals surface area contributed by atoms with Crippen molar-refractivity contribution in [3.8, 4) is 11.3 Å². The van der Waals surface area contributed by atoms with Gasteiger partial charge in [0.2, 0.25) is 5.89 Å². The molecule has 2 aromatic heterocycles. The number of piperazine rings is 1. The summed E-state index contributed by atoms with van der Waals surface area (Å²) < 4.78 is 10.8. The van der Waals surface area contributed by atoms with Crippen LogP contribution < -0.4 is 0 Å². The minimum absolute atomic E-state index is 0.0240. The van der Waals surface area contributed by atoms with E-state index in [1.54, 1.807) is 12.3 Å². The van der Waals surface area contributed by atoms with E-state index in [0.29, 0.717) is 31.1 Å². The Bertz CT molecular complexity index is 819. The van der Waals surface area contributed by atoms with Crippen LogP contribution in [0.3, 0.4) is 0 Å². The number of oxazole rings is 1. The Morgan fingerprint density at radius 2 is 1.88 bits per heavy atom. The number of nitrogens with zero attached hydrogens (tertiary/aromatic N) is 3. The van der Waals surface area contributed by atoms with Gasteiger partial charge in [-0.05, 0) is 6.07 Å². The first-order chi connectivity index (χ1) is 12.3. The van der Waals surface area contributed by atoms with E-state index >= 15 is 0 Å². The fourth-order valence-electron chi connectivity index (χ4n) is 2.99. The Balaban J connectivity index is 1.33. The van der Waals surface area contributed by atoms with Gasteiger partial charge in [0.05, 0.1) is 24.6 Å². The largest absolute Gasteiger partial charge is 0.472 e. The van der Waals surface area contributed by atoms with Crippen molar-refractivity contribution in [3.05, 3.63) is 66.6 Å². The van der Waals surface area contributed by atoms with E-state index in [-0.39, 0.29) is 5.91 Å². The second kappa shape index (κ2) is 6.94. The van der Waals surface area contributed by atoms with Crippen molar-refractivity contribution in [1.82, 2.24) is 14.8 Å². The Hall–Kier alpha value is -2.86. The molecule has 3 heterocycles. The molecule has 3 aromatic rings. The van der Waals surface area contributed by atoms with Crippen molar-refractivity contribution in [2.24, 2.45) is 0 Å². The van der Waals surface area contributed by atoms with Gasteiger partial charge in [0.1, 0.15) is 6.26 Å². The third-order valence-corrected chi connectivity index (χ3v) is 4.40. The molecular weight excluding hydrogens is 318 g/mol. The van der Waals surface area contributed by atoms with Crippen molar-refractivity contribution in [3.63, 3.8) is 0 Å². The van der Waals surface area contributed by atoms with E-state index in [9.17, 15) is 4.79 Å². The van der Waals surface area contributed by atoms with Crippen LogP contribution in [0, 0.1) is 0 Å². The average molecular weight is 337 g/mol. The average Bonchev–Trinajstić information content (AvgIpc) is 3.35. The van der Waals surface area contributed by atoms with Crippen LogP contribution in [-0.4, -0.2) is 46.9 Å². The summed E-state index contributed by atoms with van der Waals surface area (Å²) in [5.74, 6) is 1.51. The first-order valence-electron chi connectivity index (χ1n) is 8.33. The highest BCUT2D eigenvalue weighted by atomic mass is 16.4. The zero-order valence-electron chi connectivity index (χ0n) is 13.8. The molecule has 128 valence electrons. The van der Waals surface area contributed by atoms with Gasteiger partial charge < -0.3 is 13.7 Å². The first-order valence-corrected chi connectivity index (χ1v) is 8.33. The highest BCUT2D eigenvalue weighted by Crippen LogP contribution is 2.20. The van der Waals surface area contributed by atoms with Crippen molar-refractivity contribution in [2.75, 3.05) is 26.2 Å². The van der Waals surface area contributed by atoms with Crippen LogP contribution in [0.25, 0.3) is 11.3 Å². The van der Waals surface area contributed by atoms with E-state index in [1.165, 1.54) is 12.5 Å². The summed E-state index contributed by atoms with van der Waals surface area (Å²) in [4.78, 5) is 20.8. The third kappa shape index (κ3) is 3.49. The van der Waals surface area contributed by atoms with Gasteiger partial charge in [-0.1, -0.05) is 30.3 Å². The first kappa shape index (κ1) is 15.7. The van der Waals surface area contributed by atoms with E-state index in [1.807, 2.05) is 35.2 Å². The topological polar surface area (TPSA) is 62.7 Å². The van der Waals surface area contributed by atoms with Crippen molar-refractivity contribution in [1.29, 1.82) is 0 Å². The smallest absolute Gasteiger partial charge is 0.257 e. The van der Waals surface area contributed by atoms with E-state index in [4.69, 9.17) is 8.83 Å². The molecule has 6 nitrogen and oxygen atoms in total. The molecule has 1 aromatic carbocycles. The summed E-state index contributed by atoms with van der Waals surface area (Å²) in [7, 11) is 0. The van der Waals surface area contributed by atoms with E-state index in [2.05, 4.69) is 9.88 Å². The number of furan rings is 1. The summed E-state index contributed by atoms with van der Waals surface area (Å²) >= 11 is 0. The lowest BCUT2D eigenvalue weighted by Crippen LogP contribution is -2.48. The fraction of sp³-hybridized carbons (Fsp3) is 0.263. The maximum atomic E-state index is 12.3. The normalized spacial score (nSPS) is 15.4. The summed E-state index contributed by atoms with van der Waals surface area (Å²) in [6, 6.07) is 11.6. The maximum absolute atomic E-state index is 12.3. The molecule has 4 rings (SSSR count). The van der Waals surface area contributed by atoms with Crippen LogP contribution in [0.4, 0.5) is 0 Å². The van der Waals surface area contributed by atoms with Crippen LogP contribution in [-0.2, 0) is 6.54 Å². The van der Waals surface area contributed by atoms with Gasteiger partial charge in [0.15, 0.2) is 5.76 Å². The van der Waals surface area contributed by atoms with Gasteiger partial charge in [-0.15, -0.1) is 0 Å². The summed E-state index contributed by atoms with van der Waals surface area (Å²) in [5, 5.41) is 0. The molecule has 0 radical (unpaired) electrons. The Morgan fingerprint density at radius 3 is 2.60 bits per heavy atom. The summed E-state index contributed by atoms with van der Waals surface area (Å²) in [6.07, 6.45) is 4.78. The number of benzene rings is 1. The van der Waals surface area contributed by atoms with Crippen molar-refractivity contribution >= 4 is 5.91 Å². The van der Waals surface area contributed by atoms with E-state index in [0.717, 1.165) is 24.4 Å². The van der Waals surface area contributed by atoms with Crippen LogP contribution in [0.15, 0.2) is 64.0 Å². The molecule has 1 amide bonds. The highest BCUT2D eigenvalue weighted by Gasteiger charge is 2.23. The van der Waals surface area contributed by atoms with Crippen LogP contribution in [0.1, 0.15) is 16.2 Å². The number of rotatable bonds is 4. The third-order valence-electron chi connectivity index (χ3n) is 4.40. The molecule has 0 atom stereocenters. The fourth-order valence-corrected chi connectivity index (χ4v) is 2.99. The molecule has 25 heavy (non-hydrogen) atoms. The Labute approximate surface area is 145 Å². The van der Waals surface area contributed by atoms with Gasteiger partial charge in [-0.3, -0.25) is 9.69 Å². The molecule has 1 fully saturated rings. The second-order valence-corrected chi connectivity index (χ2v) is 6.06. The van der Waals surface area contributed by atoms with Crippen LogP contribution >= 0.6 is 0 Å². The zero-order chi connectivity index (χ0) is 17.1. The second-order valence-electron chi connectivity index (χ2n) is 6.06. The number of aromatic nitrogens is 1. The molecule has 0 unspecified atom stereocenters. The number of carbonyl (C=O) groups is 1. The minimum atomic E-state index is 0.0240. The summed E-state index contributed by atoms with van der Waals surface area (Å²) in [6.45, 7) is 3.63. The predicted octanol–water partition coefficient (Wildman–Crippen LogP) is 2.89. The molecule has 0 saturated carbocycles. The molecule has 0 spiro atoms. The zero-order valence-corrected chi connectivity index (χ0v) is 13.8. The number of amides is 1. The Morgan fingerprint density at radius 1 is 1.08 bits per heavy atom. The number of hydrogen-bond acceptors (Lipinski definition) is 5. The van der Waals surface area contributed by atoms with Crippen LogP contribution in [0.5, 0.6) is 0 Å². The molecule has 1 aliphatic heterocycles. The van der Waals surface area contributed by atoms with Crippen LogP contribution in [0.2, 0.25) is 0 Å². The monoisotopic (exact) mass is 337 g/mol. The molecule has 0 aliphatic carbocycles. The van der Waals surface area contributed by atoms with Crippen molar-refractivity contribution in [2.45, 2.75) is 6.54 Å². The van der Waals surface area contributed by atoms with Gasteiger partial charge in [0.25, 0.3) is 5.91 Å². The maximum Gasteiger partial charge on any atom is 0.257 e. The van der Waals surface area contributed by atoms with Gasteiger partial charge in [0, 0.05) is 31.7 Å². The lowest BCUT2D eigenvalue weighted by atomic mass is 10.2. The lowest BCUT2D eigenvalue weighted by molar-refractivity contribution is 0.0617. The lowest BCUT2D eigenvalue weighted by Gasteiger charge is -2.33. The Kier molecular flexibility index (Phi) is 4.35. The van der Waals surface area contributed by atoms with Crippen molar-refractivity contribution < 1.29 is 13.6 Å². The van der Waals surface area contributed by atoms with E-state index < -0.39 is 0 Å². The molecular formula is C19H19N3O3. The predicted molar refractivity (Wildman–Crippen MR) is 91.8 cm³/mol. The molecule has 1 saturated heterocycles. The quantitative estimate of drug-likeness (QED) is 0.732. The highest BCUT2D eigenvalue weighted by molar-refractivity contribution is 5.93. The van der Waals surface area contributed by atoms with Gasteiger partial charge in [-0.25, -0.2) is 4.98 Å². The van der Waals surface area contributed by atoms with Gasteiger partial charge in [-0.2, -0.15) is 0 Å². The summed E-state index contributed by atoms with van der Waals surface area (Å²) in [5.41, 5.74) is 1.63. The minimum Gasteiger partial charge on any atom is -0.472 e. The standard InChI is InChI=1S/C19H19N3O3/c23-19(16-6-11-24-14-16)22-9-7-21(8-10-22)13-18-20-12-17(25-18)15-4-2-1-3-5-15/h1-6,11-12,14H,7-10,13H2. The van der Waals surface area contributed by atoms with Gasteiger partial charge >= 0.3 is 0 Å². The molecule has 0 N–H and O–H groups in total. The number of hydrogen-bond donors (Lipinski definition) is 0. The molecule has 6 heteroatoms. The number of carbonyl (C=O) groups excluding carboxylic acids is 1.